The van der Waals surface area contributed by atoms with Gasteiger partial charge in [-0.1, -0.05) is 11.2 Å². The maximum Gasteiger partial charge on any atom is 0.308 e. The molecule has 1 heterocycles. The number of dihydropyridines is 1. The number of ether oxygens (including phenoxy) is 4. The smallest absolute Gasteiger partial charge is 0.308 e. The molecule has 0 saturated heterocycles. The lowest BCUT2D eigenvalue weighted by molar-refractivity contribution is -0.135. The van der Waals surface area contributed by atoms with Gasteiger partial charge in [0.2, 0.25) is 0 Å². The number of nitrogens with one attached hydrogen (secondary N) is 1. The first-order valence-electron chi connectivity index (χ1n) is 6.96. The van der Waals surface area contributed by atoms with Crippen molar-refractivity contribution in [2.75, 3.05) is 52.8 Å². The van der Waals surface area contributed by atoms with E-state index in [0.29, 0.717) is 39.6 Å². The van der Waals surface area contributed by atoms with Crippen LogP contribution in [0.5, 0.6) is 0 Å². The average molecular weight is 316 g/mol. The molecule has 1 rings (SSSR count). The number of alkyl halides is 1. The second kappa shape index (κ2) is 12.0. The molecule has 0 radical (unpaired) electrons. The second-order valence-corrected chi connectivity index (χ2v) is 4.15. The molecule has 1 unspecified atom stereocenters. The number of hydrogen-bond donors (Lipinski definition) is 1. The van der Waals surface area contributed by atoms with Crippen molar-refractivity contribution in [1.29, 1.82) is 0 Å². The molecule has 22 heavy (non-hydrogen) atoms. The summed E-state index contributed by atoms with van der Waals surface area (Å²) in [5.41, 5.74) is 8.04. The van der Waals surface area contributed by atoms with Crippen molar-refractivity contribution in [2.24, 2.45) is 5.11 Å². The predicted octanol–water partition coefficient (Wildman–Crippen LogP) is 1.66. The third-order valence-corrected chi connectivity index (χ3v) is 2.48. The van der Waals surface area contributed by atoms with E-state index in [1.807, 2.05) is 0 Å². The van der Waals surface area contributed by atoms with Crippen molar-refractivity contribution >= 4 is 0 Å². The minimum absolute atomic E-state index is 0.129. The lowest BCUT2D eigenvalue weighted by Crippen LogP contribution is -2.40. The van der Waals surface area contributed by atoms with E-state index in [1.165, 1.54) is 12.3 Å². The van der Waals surface area contributed by atoms with Gasteiger partial charge in [-0.05, 0) is 11.6 Å². The molecule has 0 saturated carbocycles. The van der Waals surface area contributed by atoms with Crippen LogP contribution in [-0.4, -0.2) is 58.8 Å². The van der Waals surface area contributed by atoms with Gasteiger partial charge in [0, 0.05) is 23.7 Å². The Balaban J connectivity index is 1.81. The zero-order valence-electron chi connectivity index (χ0n) is 12.3. The molecule has 0 aliphatic carbocycles. The van der Waals surface area contributed by atoms with Crippen LogP contribution in [-0.2, 0) is 18.9 Å². The van der Waals surface area contributed by atoms with Gasteiger partial charge in [-0.25, -0.2) is 0 Å². The number of nitrogens with zero attached hydrogens (tertiary/aromatic N) is 3. The summed E-state index contributed by atoms with van der Waals surface area (Å²) in [5.74, 6) is -1.96. The monoisotopic (exact) mass is 316 g/mol. The Morgan fingerprint density at radius 2 is 1.64 bits per heavy atom. The van der Waals surface area contributed by atoms with Gasteiger partial charge in [0.05, 0.1) is 46.2 Å². The molecule has 1 atom stereocenters. The van der Waals surface area contributed by atoms with Crippen LogP contribution >= 0.6 is 0 Å². The lowest BCUT2D eigenvalue weighted by atomic mass is 10.3. The molecule has 9 heteroatoms. The molecule has 0 aromatic carbocycles. The zero-order valence-corrected chi connectivity index (χ0v) is 12.3. The van der Waals surface area contributed by atoms with Crippen LogP contribution in [0, 0.1) is 0 Å². The van der Waals surface area contributed by atoms with Gasteiger partial charge in [-0.2, -0.15) is 4.39 Å². The fourth-order valence-corrected chi connectivity index (χ4v) is 1.48. The molecule has 1 aliphatic rings. The summed E-state index contributed by atoms with van der Waals surface area (Å²) >= 11 is 0. The quantitative estimate of drug-likeness (QED) is 0.183. The van der Waals surface area contributed by atoms with E-state index in [4.69, 9.17) is 24.5 Å². The Labute approximate surface area is 128 Å². The van der Waals surface area contributed by atoms with Crippen molar-refractivity contribution in [3.05, 3.63) is 34.9 Å². The molecule has 8 nitrogen and oxygen atoms in total. The Kier molecular flexibility index (Phi) is 10.0. The van der Waals surface area contributed by atoms with Crippen molar-refractivity contribution in [1.82, 2.24) is 5.32 Å². The number of halogens is 1. The van der Waals surface area contributed by atoms with E-state index < -0.39 is 5.98 Å². The van der Waals surface area contributed by atoms with Crippen LogP contribution < -0.4 is 5.32 Å². The standard InChI is InChI=1S/C13H21FN4O4/c14-13(3-1-2-4-16-13)22-12-11-21-10-9-20-8-7-19-6-5-17-18-15/h1-4,16H,5-12H2. The van der Waals surface area contributed by atoms with Crippen LogP contribution in [0.3, 0.4) is 0 Å². The third kappa shape index (κ3) is 9.32. The van der Waals surface area contributed by atoms with Gasteiger partial charge < -0.3 is 24.3 Å². The Morgan fingerprint density at radius 3 is 2.23 bits per heavy atom. The van der Waals surface area contributed by atoms with Gasteiger partial charge in [0.1, 0.15) is 0 Å². The molecule has 0 spiro atoms. The van der Waals surface area contributed by atoms with Gasteiger partial charge in [0.25, 0.3) is 0 Å². The predicted molar refractivity (Wildman–Crippen MR) is 77.7 cm³/mol. The molecule has 1 aliphatic heterocycles. The summed E-state index contributed by atoms with van der Waals surface area (Å²) in [4.78, 5) is 2.61. The molecule has 0 bridgehead atoms. The molecule has 0 aromatic rings. The van der Waals surface area contributed by atoms with Crippen molar-refractivity contribution in [3.63, 3.8) is 0 Å². The summed E-state index contributed by atoms with van der Waals surface area (Å²) in [5, 5.41) is 5.79. The summed E-state index contributed by atoms with van der Waals surface area (Å²) < 4.78 is 34.5. The zero-order chi connectivity index (χ0) is 15.9. The second-order valence-electron chi connectivity index (χ2n) is 4.15. The summed E-state index contributed by atoms with van der Waals surface area (Å²) in [6.45, 7) is 2.77. The van der Waals surface area contributed by atoms with Crippen LogP contribution in [0.4, 0.5) is 4.39 Å². The van der Waals surface area contributed by atoms with Crippen molar-refractivity contribution in [3.8, 4) is 0 Å². The van der Waals surface area contributed by atoms with Gasteiger partial charge in [-0.15, -0.1) is 0 Å². The van der Waals surface area contributed by atoms with Crippen LogP contribution in [0.1, 0.15) is 0 Å². The van der Waals surface area contributed by atoms with Crippen LogP contribution in [0.25, 0.3) is 10.4 Å². The fraction of sp³-hybridized carbons (Fsp3) is 0.692. The van der Waals surface area contributed by atoms with E-state index in [9.17, 15) is 4.39 Å². The molecule has 124 valence electrons. The van der Waals surface area contributed by atoms with Crippen molar-refractivity contribution < 1.29 is 23.3 Å². The molecular formula is C13H21FN4O4. The molecule has 0 aromatic heterocycles. The number of hydrogen-bond acceptors (Lipinski definition) is 6. The van der Waals surface area contributed by atoms with E-state index >= 15 is 0 Å². The molecule has 1 N–H and O–H groups in total. The topological polar surface area (TPSA) is 97.7 Å². The van der Waals surface area contributed by atoms with Gasteiger partial charge in [-0.3, -0.25) is 0 Å². The summed E-state index contributed by atoms with van der Waals surface area (Å²) in [7, 11) is 0. The summed E-state index contributed by atoms with van der Waals surface area (Å²) in [6, 6.07) is 0. The summed E-state index contributed by atoms with van der Waals surface area (Å²) in [6.07, 6.45) is 6.01. The highest BCUT2D eigenvalue weighted by Gasteiger charge is 2.26. The minimum Gasteiger partial charge on any atom is -0.379 e. The first kappa shape index (κ1) is 18.4. The van der Waals surface area contributed by atoms with Crippen LogP contribution in [0.2, 0.25) is 0 Å². The Hall–Kier alpha value is -1.64. The maximum absolute atomic E-state index is 13.8. The van der Waals surface area contributed by atoms with E-state index in [2.05, 4.69) is 15.3 Å². The highest BCUT2D eigenvalue weighted by molar-refractivity contribution is 5.12. The molecular weight excluding hydrogens is 295 g/mol. The SMILES string of the molecule is [N-]=[N+]=NCCOCCOCCOCCOC1(F)C=CC=CN1. The first-order chi connectivity index (χ1) is 10.8. The van der Waals surface area contributed by atoms with Gasteiger partial charge in [0.15, 0.2) is 0 Å². The number of allylic oxidation sites excluding steroid dienone is 2. The third-order valence-electron chi connectivity index (χ3n) is 2.48. The maximum atomic E-state index is 13.8. The molecule has 0 fully saturated rings. The Bertz CT molecular complexity index is 402. The fourth-order valence-electron chi connectivity index (χ4n) is 1.48. The van der Waals surface area contributed by atoms with Crippen LogP contribution in [0.15, 0.2) is 29.5 Å². The first-order valence-corrected chi connectivity index (χ1v) is 6.96. The minimum atomic E-state index is -1.96. The van der Waals surface area contributed by atoms with Crippen molar-refractivity contribution in [2.45, 2.75) is 5.98 Å². The lowest BCUT2D eigenvalue weighted by Gasteiger charge is -2.23. The highest BCUT2D eigenvalue weighted by Crippen LogP contribution is 2.13. The average Bonchev–Trinajstić information content (AvgIpc) is 2.52. The van der Waals surface area contributed by atoms with E-state index in [0.717, 1.165) is 0 Å². The molecule has 0 amide bonds. The Morgan fingerprint density at radius 1 is 1.00 bits per heavy atom. The highest BCUT2D eigenvalue weighted by atomic mass is 19.2. The number of rotatable bonds is 13. The normalized spacial score (nSPS) is 19.7. The largest absolute Gasteiger partial charge is 0.379 e. The van der Waals surface area contributed by atoms with Gasteiger partial charge >= 0.3 is 5.98 Å². The number of azide groups is 1. The van der Waals surface area contributed by atoms with E-state index in [-0.39, 0.29) is 13.2 Å². The van der Waals surface area contributed by atoms with E-state index in [1.54, 1.807) is 12.2 Å².